The Hall–Kier alpha value is -3.17. The first-order valence-corrected chi connectivity index (χ1v) is 14.2. The molecule has 1 aliphatic rings. The molecule has 2 aromatic carbocycles. The summed E-state index contributed by atoms with van der Waals surface area (Å²) in [6.45, 7) is 8.63. The second-order valence-electron chi connectivity index (χ2n) is 11.4. The van der Waals surface area contributed by atoms with Gasteiger partial charge in [0.25, 0.3) is 0 Å². The highest BCUT2D eigenvalue weighted by Crippen LogP contribution is 2.24. The highest BCUT2D eigenvalue weighted by molar-refractivity contribution is 5.87. The van der Waals surface area contributed by atoms with Crippen LogP contribution in [0.4, 0.5) is 9.18 Å². The van der Waals surface area contributed by atoms with Crippen LogP contribution in [0.25, 0.3) is 0 Å². The molecule has 0 unspecified atom stereocenters. The predicted octanol–water partition coefficient (Wildman–Crippen LogP) is 4.66. The van der Waals surface area contributed by atoms with Crippen LogP contribution in [0.2, 0.25) is 0 Å². The van der Waals surface area contributed by atoms with Crippen LogP contribution in [-0.4, -0.2) is 70.4 Å². The minimum absolute atomic E-state index is 0.0791. The number of unbranched alkanes of at least 4 members (excludes halogenated alkanes) is 3. The minimum atomic E-state index is -1.42. The number of hydrogen-bond acceptors (Lipinski definition) is 6. The Balaban J connectivity index is 1.77. The van der Waals surface area contributed by atoms with Crippen LogP contribution < -0.4 is 10.5 Å². The lowest BCUT2D eigenvalue weighted by atomic mass is 9.94. The van der Waals surface area contributed by atoms with Crippen LogP contribution >= 0.6 is 0 Å². The van der Waals surface area contributed by atoms with E-state index in [9.17, 15) is 19.1 Å². The topological polar surface area (TPSA) is 105 Å². The van der Waals surface area contributed by atoms with E-state index in [2.05, 4.69) is 6.92 Å². The lowest BCUT2D eigenvalue weighted by Crippen LogP contribution is -2.65. The van der Waals surface area contributed by atoms with Gasteiger partial charge in [-0.1, -0.05) is 56.5 Å². The van der Waals surface area contributed by atoms with Crippen LogP contribution in [0.15, 0.2) is 48.5 Å². The molecule has 3 atom stereocenters. The lowest BCUT2D eigenvalue weighted by Gasteiger charge is -2.43. The van der Waals surface area contributed by atoms with Gasteiger partial charge in [0, 0.05) is 31.7 Å². The molecule has 8 nitrogen and oxygen atoms in total. The average Bonchev–Trinajstić information content (AvgIpc) is 2.88. The Morgan fingerprint density at radius 1 is 1.10 bits per heavy atom. The largest absolute Gasteiger partial charge is 0.493 e. The first-order valence-electron chi connectivity index (χ1n) is 14.2. The molecule has 0 spiro atoms. The van der Waals surface area contributed by atoms with E-state index in [-0.39, 0.29) is 19.5 Å². The van der Waals surface area contributed by atoms with E-state index in [1.165, 1.54) is 17.0 Å². The Bertz CT molecular complexity index is 1110. The SMILES string of the molecule is CCCCCCOc1cc(F)cc(C[C@H](N)[C@H](O)[C@H]2C(=O)N(Cc3ccccc3)CCN2C(=O)OC(C)(C)C)c1. The van der Waals surface area contributed by atoms with E-state index < -0.39 is 41.6 Å². The van der Waals surface area contributed by atoms with Gasteiger partial charge in [0.05, 0.1) is 12.7 Å². The molecule has 1 aliphatic heterocycles. The number of amides is 2. The average molecular weight is 558 g/mol. The molecule has 0 saturated carbocycles. The van der Waals surface area contributed by atoms with Crippen LogP contribution in [0, 0.1) is 5.82 Å². The summed E-state index contributed by atoms with van der Waals surface area (Å²) in [5.74, 6) is -0.494. The number of piperazine rings is 1. The number of aliphatic hydroxyl groups excluding tert-OH is 1. The van der Waals surface area contributed by atoms with Crippen molar-refractivity contribution in [2.75, 3.05) is 19.7 Å². The highest BCUT2D eigenvalue weighted by atomic mass is 19.1. The molecule has 1 fully saturated rings. The molecule has 0 aliphatic carbocycles. The van der Waals surface area contributed by atoms with Crippen LogP contribution in [0.3, 0.4) is 0 Å². The van der Waals surface area contributed by atoms with Gasteiger partial charge in [-0.15, -0.1) is 0 Å². The van der Waals surface area contributed by atoms with Crippen molar-refractivity contribution in [3.8, 4) is 5.75 Å². The van der Waals surface area contributed by atoms with E-state index >= 15 is 0 Å². The fourth-order valence-electron chi connectivity index (χ4n) is 4.78. The number of nitrogens with two attached hydrogens (primary N) is 1. The third kappa shape index (κ3) is 9.20. The molecule has 1 saturated heterocycles. The van der Waals surface area contributed by atoms with Crippen molar-refractivity contribution in [3.05, 3.63) is 65.5 Å². The molecule has 9 heteroatoms. The third-order valence-electron chi connectivity index (χ3n) is 6.79. The first kappa shape index (κ1) is 31.4. The second kappa shape index (κ2) is 14.5. The van der Waals surface area contributed by atoms with Crippen molar-refractivity contribution in [1.29, 1.82) is 0 Å². The van der Waals surface area contributed by atoms with Gasteiger partial charge in [-0.3, -0.25) is 9.69 Å². The van der Waals surface area contributed by atoms with Gasteiger partial charge >= 0.3 is 6.09 Å². The highest BCUT2D eigenvalue weighted by Gasteiger charge is 2.45. The van der Waals surface area contributed by atoms with Crippen molar-refractivity contribution in [2.45, 2.75) is 90.1 Å². The number of halogens is 1. The fraction of sp³-hybridized carbons (Fsp3) is 0.548. The molecular formula is C31H44FN3O5. The number of benzene rings is 2. The maximum Gasteiger partial charge on any atom is 0.411 e. The summed E-state index contributed by atoms with van der Waals surface area (Å²) in [6, 6.07) is 11.7. The molecule has 0 bridgehead atoms. The zero-order valence-corrected chi connectivity index (χ0v) is 24.1. The van der Waals surface area contributed by atoms with Crippen molar-refractivity contribution in [1.82, 2.24) is 9.80 Å². The quantitative estimate of drug-likeness (QED) is 0.368. The van der Waals surface area contributed by atoms with Crippen molar-refractivity contribution in [2.24, 2.45) is 5.73 Å². The van der Waals surface area contributed by atoms with Gasteiger partial charge in [0.15, 0.2) is 0 Å². The van der Waals surface area contributed by atoms with Crippen LogP contribution in [0.1, 0.15) is 64.5 Å². The molecule has 220 valence electrons. The van der Waals surface area contributed by atoms with Crippen molar-refractivity contribution >= 4 is 12.0 Å². The normalized spacial score (nSPS) is 17.5. The third-order valence-corrected chi connectivity index (χ3v) is 6.79. The van der Waals surface area contributed by atoms with Gasteiger partial charge in [0.2, 0.25) is 5.91 Å². The first-order chi connectivity index (χ1) is 19.0. The Morgan fingerprint density at radius 2 is 1.82 bits per heavy atom. The molecule has 0 radical (unpaired) electrons. The van der Waals surface area contributed by atoms with Gasteiger partial charge in [0.1, 0.15) is 23.2 Å². The number of rotatable bonds is 12. The van der Waals surface area contributed by atoms with Crippen molar-refractivity contribution < 1.29 is 28.6 Å². The number of hydrogen-bond donors (Lipinski definition) is 2. The second-order valence-corrected chi connectivity index (χ2v) is 11.4. The van der Waals surface area contributed by atoms with E-state index in [4.69, 9.17) is 15.2 Å². The van der Waals surface area contributed by atoms with E-state index in [0.29, 0.717) is 24.5 Å². The van der Waals surface area contributed by atoms with E-state index in [1.807, 2.05) is 30.3 Å². The zero-order valence-electron chi connectivity index (χ0n) is 24.1. The summed E-state index contributed by atoms with van der Waals surface area (Å²) in [5, 5.41) is 11.4. The number of carbonyl (C=O) groups is 2. The lowest BCUT2D eigenvalue weighted by molar-refractivity contribution is -0.148. The van der Waals surface area contributed by atoms with Gasteiger partial charge in [-0.05, 0) is 56.9 Å². The van der Waals surface area contributed by atoms with Gasteiger partial charge < -0.3 is 25.2 Å². The number of aliphatic hydroxyl groups is 1. The number of nitrogens with zero attached hydrogens (tertiary/aromatic N) is 2. The predicted molar refractivity (Wildman–Crippen MR) is 152 cm³/mol. The fourth-order valence-corrected chi connectivity index (χ4v) is 4.78. The summed E-state index contributed by atoms with van der Waals surface area (Å²) >= 11 is 0. The maximum atomic E-state index is 14.4. The number of carbonyl (C=O) groups excluding carboxylic acids is 2. The minimum Gasteiger partial charge on any atom is -0.493 e. The monoisotopic (exact) mass is 557 g/mol. The molecule has 0 aromatic heterocycles. The standard InChI is InChI=1S/C31H44FN3O5/c1-5-6-7-11-16-39-25-18-23(17-24(32)20-25)19-26(33)28(36)27-29(37)34(21-22-12-9-8-10-13-22)14-15-35(27)30(38)40-31(2,3)4/h8-10,12-13,17-18,20,26-28,36H,5-7,11,14-16,19,21,33H2,1-4H3/t26-,27-,28-/m0/s1. The summed E-state index contributed by atoms with van der Waals surface area (Å²) < 4.78 is 25.7. The summed E-state index contributed by atoms with van der Waals surface area (Å²) in [6.07, 6.45) is 2.12. The smallest absolute Gasteiger partial charge is 0.411 e. The Kier molecular flexibility index (Phi) is 11.3. The summed E-state index contributed by atoms with van der Waals surface area (Å²) in [5.41, 5.74) is 7.10. The molecular weight excluding hydrogens is 513 g/mol. The molecule has 1 heterocycles. The number of ether oxygens (including phenoxy) is 2. The molecule has 3 rings (SSSR count). The summed E-state index contributed by atoms with van der Waals surface area (Å²) in [4.78, 5) is 29.7. The zero-order chi connectivity index (χ0) is 29.3. The Labute approximate surface area is 237 Å². The Morgan fingerprint density at radius 3 is 2.50 bits per heavy atom. The van der Waals surface area contributed by atoms with E-state index in [0.717, 1.165) is 31.2 Å². The van der Waals surface area contributed by atoms with Crippen LogP contribution in [0.5, 0.6) is 5.75 Å². The molecule has 2 aromatic rings. The molecule has 40 heavy (non-hydrogen) atoms. The molecule has 3 N–H and O–H groups in total. The van der Waals surface area contributed by atoms with Crippen molar-refractivity contribution in [3.63, 3.8) is 0 Å². The van der Waals surface area contributed by atoms with Crippen LogP contribution in [-0.2, 0) is 22.5 Å². The maximum absolute atomic E-state index is 14.4. The molecule has 2 amide bonds. The van der Waals surface area contributed by atoms with Gasteiger partial charge in [-0.25, -0.2) is 9.18 Å². The van der Waals surface area contributed by atoms with E-state index in [1.54, 1.807) is 31.7 Å². The van der Waals surface area contributed by atoms with Gasteiger partial charge in [-0.2, -0.15) is 0 Å². The summed E-state index contributed by atoms with van der Waals surface area (Å²) in [7, 11) is 0.